The first-order valence-corrected chi connectivity index (χ1v) is 10.2. The van der Waals surface area contributed by atoms with Gasteiger partial charge in [0.25, 0.3) is 5.91 Å². The Morgan fingerprint density at radius 3 is 2.81 bits per heavy atom. The number of hydrogen-bond acceptors (Lipinski definition) is 6. The van der Waals surface area contributed by atoms with E-state index in [0.717, 1.165) is 11.3 Å². The third kappa shape index (κ3) is 4.45. The third-order valence-electron chi connectivity index (χ3n) is 3.94. The van der Waals surface area contributed by atoms with Crippen LogP contribution in [0.4, 0.5) is 10.8 Å². The van der Waals surface area contributed by atoms with E-state index in [1.54, 1.807) is 11.0 Å². The molecule has 0 spiro atoms. The molecule has 0 bridgehead atoms. The van der Waals surface area contributed by atoms with Gasteiger partial charge in [-0.2, -0.15) is 0 Å². The minimum atomic E-state index is -0.197. The van der Waals surface area contributed by atoms with E-state index in [-0.39, 0.29) is 11.8 Å². The number of carbonyl (C=O) groups excluding carboxylic acids is 2. The average Bonchev–Trinajstić information content (AvgIpc) is 3.18. The van der Waals surface area contributed by atoms with Crippen LogP contribution in [0.5, 0.6) is 0 Å². The number of benzene rings is 1. The van der Waals surface area contributed by atoms with E-state index in [1.165, 1.54) is 35.6 Å². The number of thiazole rings is 1. The number of carbonyl (C=O) groups is 2. The number of rotatable bonds is 4. The SMILES string of the molecule is CCN(C(C)=O)c1nc(/C=C2\SC(=Nc3ccc(C)cc3C)NC2=O)cs1. The summed E-state index contributed by atoms with van der Waals surface area (Å²) in [4.78, 5) is 35.0. The van der Waals surface area contributed by atoms with Crippen LogP contribution in [-0.4, -0.2) is 28.5 Å². The predicted octanol–water partition coefficient (Wildman–Crippen LogP) is 4.02. The molecule has 27 heavy (non-hydrogen) atoms. The fourth-order valence-corrected chi connectivity index (χ4v) is 4.32. The smallest absolute Gasteiger partial charge is 0.264 e. The number of amidine groups is 1. The molecule has 3 rings (SSSR count). The maximum Gasteiger partial charge on any atom is 0.264 e. The number of nitrogens with one attached hydrogen (secondary N) is 1. The van der Waals surface area contributed by atoms with Crippen molar-refractivity contribution in [1.29, 1.82) is 0 Å². The van der Waals surface area contributed by atoms with Crippen LogP contribution in [0.2, 0.25) is 0 Å². The molecule has 1 aliphatic rings. The molecule has 1 N–H and O–H groups in total. The minimum Gasteiger partial charge on any atom is -0.300 e. The van der Waals surface area contributed by atoms with Gasteiger partial charge in [0.2, 0.25) is 5.91 Å². The van der Waals surface area contributed by atoms with Crippen LogP contribution in [0.15, 0.2) is 33.5 Å². The summed E-state index contributed by atoms with van der Waals surface area (Å²) in [7, 11) is 0. The van der Waals surface area contributed by atoms with Crippen LogP contribution in [0.25, 0.3) is 6.08 Å². The predicted molar refractivity (Wildman–Crippen MR) is 113 cm³/mol. The number of aryl methyl sites for hydroxylation is 2. The molecule has 2 amide bonds. The molecule has 2 aromatic rings. The second kappa shape index (κ2) is 8.06. The molecule has 6 nitrogen and oxygen atoms in total. The summed E-state index contributed by atoms with van der Waals surface area (Å²) in [6.07, 6.45) is 1.72. The third-order valence-corrected chi connectivity index (χ3v) is 5.73. The molecular formula is C19H20N4O2S2. The van der Waals surface area contributed by atoms with E-state index in [1.807, 2.05) is 38.3 Å². The van der Waals surface area contributed by atoms with E-state index in [0.29, 0.717) is 27.4 Å². The van der Waals surface area contributed by atoms with Gasteiger partial charge >= 0.3 is 0 Å². The minimum absolute atomic E-state index is 0.0538. The highest BCUT2D eigenvalue weighted by Crippen LogP contribution is 2.30. The topological polar surface area (TPSA) is 74.7 Å². The summed E-state index contributed by atoms with van der Waals surface area (Å²) in [5.41, 5.74) is 3.72. The Morgan fingerprint density at radius 2 is 2.15 bits per heavy atom. The number of nitrogens with zero attached hydrogens (tertiary/aromatic N) is 3. The van der Waals surface area contributed by atoms with Crippen molar-refractivity contribution in [2.75, 3.05) is 11.4 Å². The maximum atomic E-state index is 12.3. The number of amides is 2. The fraction of sp³-hybridized carbons (Fsp3) is 0.263. The van der Waals surface area contributed by atoms with Gasteiger partial charge in [-0.25, -0.2) is 9.98 Å². The van der Waals surface area contributed by atoms with Crippen molar-refractivity contribution >= 4 is 57.0 Å². The fourth-order valence-electron chi connectivity index (χ4n) is 2.61. The molecule has 0 unspecified atom stereocenters. The zero-order valence-electron chi connectivity index (χ0n) is 15.6. The molecule has 0 atom stereocenters. The van der Waals surface area contributed by atoms with Crippen molar-refractivity contribution < 1.29 is 9.59 Å². The van der Waals surface area contributed by atoms with Gasteiger partial charge in [0.1, 0.15) is 0 Å². The highest BCUT2D eigenvalue weighted by Gasteiger charge is 2.24. The molecule has 1 saturated heterocycles. The first-order chi connectivity index (χ1) is 12.9. The maximum absolute atomic E-state index is 12.3. The number of hydrogen-bond donors (Lipinski definition) is 1. The van der Waals surface area contributed by atoms with Crippen molar-refractivity contribution in [3.63, 3.8) is 0 Å². The molecule has 0 radical (unpaired) electrons. The number of aromatic nitrogens is 1. The standard InChI is InChI=1S/C19H20N4O2S2/c1-5-23(13(4)24)19-20-14(10-26-19)9-16-17(25)22-18(27-16)21-15-7-6-11(2)8-12(15)3/h6-10H,5H2,1-4H3,(H,21,22,25)/b16-9-. The lowest BCUT2D eigenvalue weighted by Crippen LogP contribution is -2.27. The molecular weight excluding hydrogens is 380 g/mol. The van der Waals surface area contributed by atoms with Gasteiger partial charge in [0, 0.05) is 18.8 Å². The summed E-state index contributed by atoms with van der Waals surface area (Å²) >= 11 is 2.67. The first-order valence-electron chi connectivity index (χ1n) is 8.48. The molecule has 0 aliphatic carbocycles. The lowest BCUT2D eigenvalue weighted by atomic mass is 10.1. The van der Waals surface area contributed by atoms with Crippen molar-refractivity contribution in [3.8, 4) is 0 Å². The summed E-state index contributed by atoms with van der Waals surface area (Å²) < 4.78 is 0. The molecule has 1 aromatic carbocycles. The van der Waals surface area contributed by atoms with Gasteiger partial charge in [-0.05, 0) is 50.2 Å². The van der Waals surface area contributed by atoms with Gasteiger partial charge in [0.15, 0.2) is 10.3 Å². The van der Waals surface area contributed by atoms with Gasteiger partial charge in [-0.3, -0.25) is 14.5 Å². The lowest BCUT2D eigenvalue weighted by Gasteiger charge is -2.14. The Balaban J connectivity index is 1.80. The van der Waals surface area contributed by atoms with Crippen molar-refractivity contribution in [3.05, 3.63) is 45.3 Å². The number of aliphatic imine (C=N–C) groups is 1. The summed E-state index contributed by atoms with van der Waals surface area (Å²) in [5, 5.41) is 5.80. The Hall–Kier alpha value is -2.45. The summed E-state index contributed by atoms with van der Waals surface area (Å²) in [5.74, 6) is -0.251. The zero-order valence-corrected chi connectivity index (χ0v) is 17.2. The van der Waals surface area contributed by atoms with E-state index in [4.69, 9.17) is 0 Å². The van der Waals surface area contributed by atoms with Crippen LogP contribution in [0, 0.1) is 13.8 Å². The van der Waals surface area contributed by atoms with E-state index in [9.17, 15) is 9.59 Å². The van der Waals surface area contributed by atoms with Crippen molar-refractivity contribution in [2.24, 2.45) is 4.99 Å². The van der Waals surface area contributed by atoms with Crippen molar-refractivity contribution in [1.82, 2.24) is 10.3 Å². The molecule has 0 saturated carbocycles. The monoisotopic (exact) mass is 400 g/mol. The Kier molecular flexibility index (Phi) is 5.76. The van der Waals surface area contributed by atoms with E-state index >= 15 is 0 Å². The molecule has 8 heteroatoms. The Bertz CT molecular complexity index is 962. The average molecular weight is 401 g/mol. The highest BCUT2D eigenvalue weighted by molar-refractivity contribution is 8.18. The molecule has 1 fully saturated rings. The highest BCUT2D eigenvalue weighted by atomic mass is 32.2. The quantitative estimate of drug-likeness (QED) is 0.787. The van der Waals surface area contributed by atoms with Crippen molar-refractivity contribution in [2.45, 2.75) is 27.7 Å². The summed E-state index contributed by atoms with van der Waals surface area (Å²) in [6, 6.07) is 6.00. The largest absolute Gasteiger partial charge is 0.300 e. The zero-order chi connectivity index (χ0) is 19.6. The molecule has 140 valence electrons. The Labute approximate surface area is 166 Å². The molecule has 1 aromatic heterocycles. The number of anilines is 1. The lowest BCUT2D eigenvalue weighted by molar-refractivity contribution is -0.116. The molecule has 1 aliphatic heterocycles. The van der Waals surface area contributed by atoms with E-state index in [2.05, 4.69) is 21.4 Å². The van der Waals surface area contributed by atoms with Gasteiger partial charge in [-0.15, -0.1) is 11.3 Å². The second-order valence-corrected chi connectivity index (χ2v) is 7.96. The second-order valence-electron chi connectivity index (χ2n) is 6.09. The van der Waals surface area contributed by atoms with Gasteiger partial charge in [-0.1, -0.05) is 17.7 Å². The van der Waals surface area contributed by atoms with Gasteiger partial charge < -0.3 is 5.32 Å². The van der Waals surface area contributed by atoms with Crippen LogP contribution >= 0.6 is 23.1 Å². The van der Waals surface area contributed by atoms with E-state index < -0.39 is 0 Å². The summed E-state index contributed by atoms with van der Waals surface area (Å²) in [6.45, 7) is 8.00. The van der Waals surface area contributed by atoms with Crippen LogP contribution in [0.3, 0.4) is 0 Å². The van der Waals surface area contributed by atoms with Gasteiger partial charge in [0.05, 0.1) is 16.3 Å². The molecule has 2 heterocycles. The van der Waals surface area contributed by atoms with Crippen LogP contribution in [0.1, 0.15) is 30.7 Å². The first kappa shape index (κ1) is 19.3. The normalized spacial score (nSPS) is 16.8. The van der Waals surface area contributed by atoms with Crippen LogP contribution < -0.4 is 10.2 Å². The Morgan fingerprint density at radius 1 is 1.37 bits per heavy atom. The van der Waals surface area contributed by atoms with Crippen LogP contribution in [-0.2, 0) is 9.59 Å². The number of thioether (sulfide) groups is 1.